The average molecular weight is 298 g/mol. The molecule has 2 atom stereocenters. The maximum Gasteiger partial charge on any atom is 0.258 e. The number of nitrogens with zero attached hydrogens (tertiary/aromatic N) is 2. The normalized spacial score (nSPS) is 23.1. The summed E-state index contributed by atoms with van der Waals surface area (Å²) in [5, 5.41) is 3.71. The molecule has 1 aliphatic rings. The van der Waals surface area contributed by atoms with Crippen molar-refractivity contribution in [2.24, 2.45) is 0 Å². The molecule has 1 aliphatic heterocycles. The van der Waals surface area contributed by atoms with Gasteiger partial charge in [-0.15, -0.1) is 0 Å². The van der Waals surface area contributed by atoms with Crippen molar-refractivity contribution in [3.8, 4) is 0 Å². The largest absolute Gasteiger partial charge is 0.382 e. The predicted octanol–water partition coefficient (Wildman–Crippen LogP) is 1.48. The molecule has 2 rings (SSSR count). The van der Waals surface area contributed by atoms with Gasteiger partial charge >= 0.3 is 0 Å². The van der Waals surface area contributed by atoms with Crippen LogP contribution in [0, 0.1) is 0 Å². The van der Waals surface area contributed by atoms with Crippen LogP contribution in [0.2, 0.25) is 0 Å². The second kappa shape index (κ2) is 5.97. The van der Waals surface area contributed by atoms with E-state index >= 15 is 0 Å². The molecule has 0 aliphatic carbocycles. The Morgan fingerprint density at radius 3 is 2.60 bits per heavy atom. The Kier molecular flexibility index (Phi) is 4.49. The molecular formula is C13H22N4O2S. The highest BCUT2D eigenvalue weighted by molar-refractivity contribution is 7.11. The van der Waals surface area contributed by atoms with Crippen LogP contribution in [0.25, 0.3) is 0 Å². The van der Waals surface area contributed by atoms with E-state index in [-0.39, 0.29) is 24.2 Å². The van der Waals surface area contributed by atoms with Gasteiger partial charge in [0.2, 0.25) is 0 Å². The predicted molar refractivity (Wildman–Crippen MR) is 81.4 cm³/mol. The minimum Gasteiger partial charge on any atom is -0.382 e. The van der Waals surface area contributed by atoms with Crippen molar-refractivity contribution in [3.05, 3.63) is 5.56 Å². The summed E-state index contributed by atoms with van der Waals surface area (Å²) in [5.74, 6) is 0.142. The number of carbonyl (C=O) groups is 1. The number of ether oxygens (including phenoxy) is 1. The lowest BCUT2D eigenvalue weighted by Gasteiger charge is -2.36. The number of morpholine rings is 1. The lowest BCUT2D eigenvalue weighted by molar-refractivity contribution is -0.00506. The Hall–Kier alpha value is -1.34. The Morgan fingerprint density at radius 2 is 2.05 bits per heavy atom. The molecule has 3 N–H and O–H groups in total. The molecule has 20 heavy (non-hydrogen) atoms. The van der Waals surface area contributed by atoms with Gasteiger partial charge in [0.25, 0.3) is 5.91 Å². The van der Waals surface area contributed by atoms with Crippen molar-refractivity contribution in [1.82, 2.24) is 9.69 Å². The van der Waals surface area contributed by atoms with Gasteiger partial charge in [0.05, 0.1) is 12.2 Å². The van der Waals surface area contributed by atoms with Gasteiger partial charge in [-0.25, -0.2) is 0 Å². The molecule has 0 unspecified atom stereocenters. The summed E-state index contributed by atoms with van der Waals surface area (Å²) >= 11 is 1.28. The number of carbonyl (C=O) groups excluding carboxylic acids is 1. The highest BCUT2D eigenvalue weighted by Crippen LogP contribution is 2.32. The van der Waals surface area contributed by atoms with Crippen LogP contribution < -0.4 is 16.0 Å². The second-order valence-electron chi connectivity index (χ2n) is 5.54. The van der Waals surface area contributed by atoms with Gasteiger partial charge in [-0.3, -0.25) is 4.79 Å². The monoisotopic (exact) mass is 298 g/mol. The number of nitrogens with two attached hydrogens (primary N) is 1. The van der Waals surface area contributed by atoms with Crippen LogP contribution >= 0.6 is 11.5 Å². The van der Waals surface area contributed by atoms with Gasteiger partial charge in [0.1, 0.15) is 10.6 Å². The van der Waals surface area contributed by atoms with Gasteiger partial charge < -0.3 is 20.7 Å². The smallest absolute Gasteiger partial charge is 0.258 e. The molecule has 0 saturated carbocycles. The van der Waals surface area contributed by atoms with E-state index in [1.54, 1.807) is 0 Å². The number of amides is 1. The lowest BCUT2D eigenvalue weighted by atomic mass is 10.2. The molecule has 6 nitrogen and oxygen atoms in total. The van der Waals surface area contributed by atoms with Crippen molar-refractivity contribution in [2.45, 2.75) is 45.9 Å². The minimum atomic E-state index is -0.159. The average Bonchev–Trinajstić information content (AvgIpc) is 2.68. The molecule has 1 amide bonds. The molecular weight excluding hydrogens is 276 g/mol. The lowest BCUT2D eigenvalue weighted by Crippen LogP contribution is -2.46. The first-order valence-electron chi connectivity index (χ1n) is 6.85. The van der Waals surface area contributed by atoms with Crippen molar-refractivity contribution < 1.29 is 9.53 Å². The van der Waals surface area contributed by atoms with Crippen LogP contribution in [0.15, 0.2) is 0 Å². The van der Waals surface area contributed by atoms with Crippen LogP contribution in [0.4, 0.5) is 10.8 Å². The third-order valence-electron chi connectivity index (χ3n) is 3.05. The van der Waals surface area contributed by atoms with E-state index in [9.17, 15) is 4.79 Å². The maximum atomic E-state index is 12.3. The summed E-state index contributed by atoms with van der Waals surface area (Å²) in [6, 6.07) is 0.0668. The number of nitrogen functional groups attached to an aromatic ring is 1. The quantitative estimate of drug-likeness (QED) is 0.883. The van der Waals surface area contributed by atoms with Gasteiger partial charge in [-0.1, -0.05) is 0 Å². The van der Waals surface area contributed by atoms with Gasteiger partial charge in [-0.05, 0) is 39.2 Å². The first-order valence-corrected chi connectivity index (χ1v) is 7.62. The van der Waals surface area contributed by atoms with E-state index in [0.29, 0.717) is 11.4 Å². The molecule has 1 fully saturated rings. The molecule has 2 heterocycles. The number of hydrogen-bond acceptors (Lipinski definition) is 6. The number of hydrogen-bond donors (Lipinski definition) is 2. The first-order chi connectivity index (χ1) is 9.38. The summed E-state index contributed by atoms with van der Waals surface area (Å²) in [6.45, 7) is 9.39. The highest BCUT2D eigenvalue weighted by atomic mass is 32.1. The fourth-order valence-electron chi connectivity index (χ4n) is 2.40. The molecule has 0 aromatic carbocycles. The topological polar surface area (TPSA) is 80.5 Å². The van der Waals surface area contributed by atoms with E-state index in [2.05, 4.69) is 14.6 Å². The van der Waals surface area contributed by atoms with Crippen LogP contribution in [-0.2, 0) is 4.74 Å². The number of anilines is 2. The van der Waals surface area contributed by atoms with Crippen LogP contribution in [0.1, 0.15) is 38.1 Å². The van der Waals surface area contributed by atoms with E-state index < -0.39 is 0 Å². The molecule has 0 bridgehead atoms. The maximum absolute atomic E-state index is 12.3. The molecule has 0 spiro atoms. The zero-order valence-electron chi connectivity index (χ0n) is 12.3. The fourth-order valence-corrected chi connectivity index (χ4v) is 3.23. The third-order valence-corrected chi connectivity index (χ3v) is 3.98. The second-order valence-corrected chi connectivity index (χ2v) is 6.29. The first kappa shape index (κ1) is 15.1. The van der Waals surface area contributed by atoms with E-state index in [0.717, 1.165) is 18.1 Å². The van der Waals surface area contributed by atoms with Crippen LogP contribution in [0.5, 0.6) is 0 Å². The zero-order chi connectivity index (χ0) is 14.9. The Bertz CT molecular complexity index is 479. The molecule has 1 saturated heterocycles. The van der Waals surface area contributed by atoms with Gasteiger partial charge in [-0.2, -0.15) is 4.37 Å². The van der Waals surface area contributed by atoms with Crippen molar-refractivity contribution in [3.63, 3.8) is 0 Å². The minimum absolute atomic E-state index is 0.0668. The Labute approximate surface area is 123 Å². The summed E-state index contributed by atoms with van der Waals surface area (Å²) in [4.78, 5) is 14.4. The molecule has 1 aromatic heterocycles. The number of rotatable bonds is 3. The Morgan fingerprint density at radius 1 is 1.45 bits per heavy atom. The fraction of sp³-hybridized carbons (Fsp3) is 0.692. The molecule has 1 aromatic rings. The summed E-state index contributed by atoms with van der Waals surface area (Å²) in [7, 11) is 0. The van der Waals surface area contributed by atoms with Crippen molar-refractivity contribution in [2.75, 3.05) is 23.7 Å². The van der Waals surface area contributed by atoms with Crippen molar-refractivity contribution in [1.29, 1.82) is 0 Å². The number of nitrogens with one attached hydrogen (secondary N) is 1. The van der Waals surface area contributed by atoms with Gasteiger partial charge in [0.15, 0.2) is 5.82 Å². The third kappa shape index (κ3) is 3.21. The Balaban J connectivity index is 2.26. The van der Waals surface area contributed by atoms with Crippen molar-refractivity contribution >= 4 is 28.3 Å². The summed E-state index contributed by atoms with van der Waals surface area (Å²) in [5.41, 5.74) is 6.37. The van der Waals surface area contributed by atoms with Crippen LogP contribution in [0.3, 0.4) is 0 Å². The molecule has 0 radical (unpaired) electrons. The number of aromatic nitrogens is 1. The summed E-state index contributed by atoms with van der Waals surface area (Å²) in [6.07, 6.45) is 0.256. The SMILES string of the molecule is CC(C)NC(=O)c1c(N)nsc1N1C[C@@H](C)O[C@@H](C)C1. The molecule has 7 heteroatoms. The van der Waals surface area contributed by atoms with E-state index in [4.69, 9.17) is 10.5 Å². The highest BCUT2D eigenvalue weighted by Gasteiger charge is 2.29. The zero-order valence-corrected chi connectivity index (χ0v) is 13.2. The van der Waals surface area contributed by atoms with Gasteiger partial charge in [0, 0.05) is 19.1 Å². The van der Waals surface area contributed by atoms with E-state index in [1.165, 1.54) is 11.5 Å². The standard InChI is InChI=1S/C13H22N4O2S/c1-7(2)15-12(18)10-11(14)16-20-13(10)17-5-8(3)19-9(4)6-17/h7-9H,5-6H2,1-4H3,(H2,14,16)(H,15,18)/t8-,9+. The molecule has 112 valence electrons. The van der Waals surface area contributed by atoms with Crippen LogP contribution in [-0.4, -0.2) is 41.6 Å². The summed E-state index contributed by atoms with van der Waals surface area (Å²) < 4.78 is 9.87. The van der Waals surface area contributed by atoms with E-state index in [1.807, 2.05) is 27.7 Å².